The quantitative estimate of drug-likeness (QED) is 0.426. The van der Waals surface area contributed by atoms with Crippen molar-refractivity contribution in [2.24, 2.45) is 0 Å². The molecular formula is C26H23O6Ti. The second-order valence-corrected chi connectivity index (χ2v) is 7.34. The Kier molecular flexibility index (Phi) is 13.2. The number of hydrogen-bond donors (Lipinski definition) is 3. The maximum absolute atomic E-state index is 10.2. The fourth-order valence-electron chi connectivity index (χ4n) is 2.19. The molecule has 4 rings (SSSR count). The van der Waals surface area contributed by atoms with E-state index in [9.17, 15) is 14.4 Å². The first-order valence-corrected chi connectivity index (χ1v) is 10.5. The Morgan fingerprint density at radius 1 is 0.576 bits per heavy atom. The van der Waals surface area contributed by atoms with E-state index >= 15 is 0 Å². The molecule has 3 N–H and O–H groups in total. The summed E-state index contributed by atoms with van der Waals surface area (Å²) in [5.41, 5.74) is 0.993. The van der Waals surface area contributed by atoms with Crippen LogP contribution >= 0.6 is 0 Å². The number of benzene rings is 3. The monoisotopic (exact) mass is 479 g/mol. The Bertz CT molecular complexity index is 944. The number of carbonyl (C=O) groups is 3. The molecule has 0 fully saturated rings. The Balaban J connectivity index is 0.000000222. The molecule has 0 aliphatic heterocycles. The van der Waals surface area contributed by atoms with Crippen molar-refractivity contribution in [3.05, 3.63) is 130 Å². The van der Waals surface area contributed by atoms with Crippen LogP contribution in [0.25, 0.3) is 0 Å². The molecule has 1 aliphatic rings. The van der Waals surface area contributed by atoms with Crippen molar-refractivity contribution in [2.45, 2.75) is 6.42 Å². The van der Waals surface area contributed by atoms with Crippen molar-refractivity contribution in [3.8, 4) is 0 Å². The summed E-state index contributed by atoms with van der Waals surface area (Å²) in [5.74, 6) is -2.64. The first-order valence-electron chi connectivity index (χ1n) is 9.73. The SMILES string of the molecule is O=C(O)c1ccccc1.O=C(O)c1ccccc1.O=C(O)c1ccccc1.[Ti][C]1=CC=CC1. The molecule has 7 heteroatoms. The molecule has 0 spiro atoms. The summed E-state index contributed by atoms with van der Waals surface area (Å²) < 4.78 is 1.47. The van der Waals surface area contributed by atoms with Crippen LogP contribution < -0.4 is 0 Å². The van der Waals surface area contributed by atoms with Gasteiger partial charge in [-0.1, -0.05) is 54.6 Å². The van der Waals surface area contributed by atoms with Gasteiger partial charge in [-0.05, 0) is 36.4 Å². The minimum absolute atomic E-state index is 0.331. The van der Waals surface area contributed by atoms with Crippen molar-refractivity contribution < 1.29 is 50.1 Å². The van der Waals surface area contributed by atoms with Gasteiger partial charge in [-0.25, -0.2) is 14.4 Å². The van der Waals surface area contributed by atoms with E-state index in [1.165, 1.54) is 10.3 Å². The predicted octanol–water partition coefficient (Wildman–Crippen LogP) is 5.53. The van der Waals surface area contributed by atoms with E-state index in [1.54, 1.807) is 91.0 Å². The average Bonchev–Trinajstić information content (AvgIpc) is 3.33. The predicted molar refractivity (Wildman–Crippen MR) is 122 cm³/mol. The van der Waals surface area contributed by atoms with Crippen LogP contribution in [-0.4, -0.2) is 33.2 Å². The van der Waals surface area contributed by atoms with E-state index in [2.05, 4.69) is 38.7 Å². The Morgan fingerprint density at radius 3 is 1.00 bits per heavy atom. The molecule has 3 aromatic carbocycles. The summed E-state index contributed by atoms with van der Waals surface area (Å²) in [4.78, 5) is 30.6. The van der Waals surface area contributed by atoms with Crippen molar-refractivity contribution in [1.29, 1.82) is 0 Å². The summed E-state index contributed by atoms with van der Waals surface area (Å²) in [6.45, 7) is 0. The van der Waals surface area contributed by atoms with Gasteiger partial charge in [0.25, 0.3) is 0 Å². The molecule has 0 amide bonds. The van der Waals surface area contributed by atoms with E-state index in [4.69, 9.17) is 15.3 Å². The summed E-state index contributed by atoms with van der Waals surface area (Å²) >= 11 is 2.14. The van der Waals surface area contributed by atoms with Crippen LogP contribution in [0.2, 0.25) is 0 Å². The Hall–Kier alpha value is -3.74. The summed E-state index contributed by atoms with van der Waals surface area (Å²) in [7, 11) is 0. The standard InChI is InChI=1S/3C7H6O2.C5H5.Ti/c3*8-7(9)6-4-2-1-3-5-6;1-2-4-5-3-1;/h3*1-5H,(H,8,9);1-3H,4H2;. The number of aromatic carboxylic acids is 3. The molecule has 3 aromatic rings. The van der Waals surface area contributed by atoms with Gasteiger partial charge in [-0.2, -0.15) is 0 Å². The molecule has 6 nitrogen and oxygen atoms in total. The Morgan fingerprint density at radius 2 is 0.879 bits per heavy atom. The van der Waals surface area contributed by atoms with E-state index in [0.717, 1.165) is 0 Å². The fraction of sp³-hybridized carbons (Fsp3) is 0.0385. The molecule has 0 aromatic heterocycles. The first-order chi connectivity index (χ1) is 15.8. The van der Waals surface area contributed by atoms with Crippen LogP contribution in [0.4, 0.5) is 0 Å². The van der Waals surface area contributed by atoms with E-state index in [-0.39, 0.29) is 0 Å². The van der Waals surface area contributed by atoms with Gasteiger partial charge >= 0.3 is 66.9 Å². The molecule has 0 unspecified atom stereocenters. The zero-order valence-corrected chi connectivity index (χ0v) is 19.2. The zero-order chi connectivity index (χ0) is 24.5. The summed E-state index contributed by atoms with van der Waals surface area (Å²) in [6.07, 6.45) is 7.56. The Labute approximate surface area is 203 Å². The van der Waals surface area contributed by atoms with E-state index in [0.29, 0.717) is 16.7 Å². The van der Waals surface area contributed by atoms with Gasteiger partial charge in [0.15, 0.2) is 0 Å². The summed E-state index contributed by atoms with van der Waals surface area (Å²) in [6, 6.07) is 24.9. The normalized spacial score (nSPS) is 10.6. The molecule has 33 heavy (non-hydrogen) atoms. The van der Waals surface area contributed by atoms with Crippen LogP contribution in [0.5, 0.6) is 0 Å². The zero-order valence-electron chi connectivity index (χ0n) is 17.7. The van der Waals surface area contributed by atoms with Gasteiger partial charge in [0.1, 0.15) is 0 Å². The third kappa shape index (κ3) is 12.6. The molecular weight excluding hydrogens is 456 g/mol. The molecule has 167 valence electrons. The van der Waals surface area contributed by atoms with Gasteiger partial charge in [-0.3, -0.25) is 0 Å². The maximum atomic E-state index is 10.2. The number of rotatable bonds is 3. The third-order valence-electron chi connectivity index (χ3n) is 3.83. The molecule has 0 saturated carbocycles. The molecule has 1 aliphatic carbocycles. The van der Waals surface area contributed by atoms with Crippen LogP contribution in [0, 0.1) is 0 Å². The van der Waals surface area contributed by atoms with Crippen LogP contribution in [0.3, 0.4) is 0 Å². The molecule has 0 bridgehead atoms. The van der Waals surface area contributed by atoms with Crippen LogP contribution in [0.1, 0.15) is 37.5 Å². The molecule has 0 heterocycles. The molecule has 0 atom stereocenters. The second-order valence-electron chi connectivity index (χ2n) is 6.34. The van der Waals surface area contributed by atoms with Gasteiger partial charge in [-0.15, -0.1) is 0 Å². The van der Waals surface area contributed by atoms with Gasteiger partial charge in [0, 0.05) is 0 Å². The van der Waals surface area contributed by atoms with Gasteiger partial charge in [0.2, 0.25) is 0 Å². The average molecular weight is 479 g/mol. The number of hydrogen-bond acceptors (Lipinski definition) is 3. The van der Waals surface area contributed by atoms with Gasteiger partial charge < -0.3 is 15.3 Å². The third-order valence-corrected chi connectivity index (χ3v) is 4.41. The van der Waals surface area contributed by atoms with E-state index < -0.39 is 17.9 Å². The topological polar surface area (TPSA) is 112 Å². The number of carboxylic acids is 3. The van der Waals surface area contributed by atoms with Crippen LogP contribution in [0.15, 0.2) is 113 Å². The van der Waals surface area contributed by atoms with Gasteiger partial charge in [0.05, 0.1) is 16.7 Å². The van der Waals surface area contributed by atoms with Crippen LogP contribution in [-0.2, 0) is 20.4 Å². The second kappa shape index (κ2) is 16.0. The number of carboxylic acid groups (broad SMARTS) is 3. The van der Waals surface area contributed by atoms with Crippen molar-refractivity contribution in [2.75, 3.05) is 0 Å². The van der Waals surface area contributed by atoms with Crippen molar-refractivity contribution in [1.82, 2.24) is 0 Å². The fourth-order valence-corrected chi connectivity index (χ4v) is 2.52. The van der Waals surface area contributed by atoms with Crippen molar-refractivity contribution in [3.63, 3.8) is 0 Å². The first kappa shape index (κ1) is 27.3. The molecule has 0 saturated heterocycles. The number of allylic oxidation sites excluding steroid dienone is 4. The van der Waals surface area contributed by atoms with E-state index in [1.807, 2.05) is 0 Å². The minimum atomic E-state index is -0.879. The summed E-state index contributed by atoms with van der Waals surface area (Å²) in [5, 5.41) is 25.2. The molecule has 0 radical (unpaired) electrons. The van der Waals surface area contributed by atoms with Crippen molar-refractivity contribution >= 4 is 17.9 Å².